The normalized spacial score (nSPS) is 13.9. The van der Waals surface area contributed by atoms with Crippen molar-refractivity contribution in [1.82, 2.24) is 10.9 Å². The molecular weight excluding hydrogens is 442 g/mol. The average molecular weight is 472 g/mol. The Bertz CT molecular complexity index is 768. The molecule has 0 spiro atoms. The molecule has 9 heteroatoms. The molecule has 0 aliphatic carbocycles. The van der Waals surface area contributed by atoms with Gasteiger partial charge in [0.05, 0.1) is 5.60 Å². The topological polar surface area (TPSA) is 120 Å². The van der Waals surface area contributed by atoms with Crippen molar-refractivity contribution in [3.8, 4) is 0 Å². The zero-order valence-electron chi connectivity index (χ0n) is 17.9. The van der Waals surface area contributed by atoms with Crippen LogP contribution >= 0.6 is 15.9 Å². The van der Waals surface area contributed by atoms with Gasteiger partial charge in [0.15, 0.2) is 0 Å². The van der Waals surface area contributed by atoms with Crippen LogP contribution in [0.25, 0.3) is 0 Å². The molecule has 0 aliphatic rings. The molecule has 0 heterocycles. The van der Waals surface area contributed by atoms with Gasteiger partial charge in [-0.15, -0.1) is 0 Å². The van der Waals surface area contributed by atoms with Gasteiger partial charge in [-0.2, -0.15) is 0 Å². The number of rotatable bonds is 5. The molecule has 1 unspecified atom stereocenters. The second-order valence-corrected chi connectivity index (χ2v) is 9.58. The molecule has 1 aromatic rings. The summed E-state index contributed by atoms with van der Waals surface area (Å²) < 4.78 is 11.8. The van der Waals surface area contributed by atoms with E-state index in [1.165, 1.54) is 0 Å². The number of ether oxygens (including phenoxy) is 2. The van der Waals surface area contributed by atoms with Gasteiger partial charge in [0, 0.05) is 10.0 Å². The van der Waals surface area contributed by atoms with Gasteiger partial charge in [-0.05, 0) is 50.8 Å². The highest BCUT2D eigenvalue weighted by molar-refractivity contribution is 9.10. The van der Waals surface area contributed by atoms with E-state index in [0.29, 0.717) is 11.1 Å². The molecule has 0 saturated heterocycles. The highest BCUT2D eigenvalue weighted by atomic mass is 79.9. The number of nitrogens with two attached hydrogens (primary N) is 1. The number of amides is 3. The first-order valence-corrected chi connectivity index (χ1v) is 9.92. The molecule has 1 rings (SSSR count). The summed E-state index contributed by atoms with van der Waals surface area (Å²) >= 11 is 3.36. The van der Waals surface area contributed by atoms with E-state index in [1.807, 2.05) is 41.5 Å². The number of hydrazine groups is 1. The van der Waals surface area contributed by atoms with Gasteiger partial charge in [0.25, 0.3) is 11.8 Å². The molecule has 0 aliphatic heterocycles. The Balaban J connectivity index is 3.05. The van der Waals surface area contributed by atoms with Crippen LogP contribution in [0.15, 0.2) is 22.7 Å². The van der Waals surface area contributed by atoms with Crippen molar-refractivity contribution in [2.75, 3.05) is 0 Å². The van der Waals surface area contributed by atoms with Crippen LogP contribution < -0.4 is 16.6 Å². The maximum Gasteiger partial charge on any atom is 0.405 e. The first kappa shape index (κ1) is 24.9. The molecule has 0 saturated carbocycles. The lowest BCUT2D eigenvalue weighted by Gasteiger charge is -2.39. The Kier molecular flexibility index (Phi) is 8.23. The minimum atomic E-state index is -1.37. The minimum Gasteiger partial charge on any atom is -0.433 e. The molecule has 0 radical (unpaired) electrons. The maximum atomic E-state index is 12.8. The molecule has 0 bridgehead atoms. The second kappa shape index (κ2) is 9.58. The summed E-state index contributed by atoms with van der Waals surface area (Å²) in [6.07, 6.45) is -3.30. The number of carbonyl (C=O) groups excluding carboxylic acids is 3. The predicted molar refractivity (Wildman–Crippen MR) is 113 cm³/mol. The van der Waals surface area contributed by atoms with E-state index in [9.17, 15) is 14.4 Å². The zero-order chi connectivity index (χ0) is 22.6. The molecule has 29 heavy (non-hydrogen) atoms. The van der Waals surface area contributed by atoms with Crippen LogP contribution in [0.1, 0.15) is 57.5 Å². The second-order valence-electron chi connectivity index (χ2n) is 8.73. The van der Waals surface area contributed by atoms with Gasteiger partial charge in [-0.1, -0.05) is 42.8 Å². The highest BCUT2D eigenvalue weighted by Gasteiger charge is 2.42. The van der Waals surface area contributed by atoms with Crippen LogP contribution in [-0.2, 0) is 14.3 Å². The molecule has 1 aromatic carbocycles. The highest BCUT2D eigenvalue weighted by Crippen LogP contribution is 2.30. The standard InChI is InChI=1S/C20H30BrN3O5/c1-11-12(9-8-10-13(11)21)16(25)23-24-17(26)14(28-18(22)27)15(19(2,3)4)29-20(5,6)7/h8-10,14-15H,1-7H3,(H2,22,27)(H,23,25)(H,24,26)/t14-,15?/m1/s1. The summed E-state index contributed by atoms with van der Waals surface area (Å²) in [6, 6.07) is 5.14. The summed E-state index contributed by atoms with van der Waals surface area (Å²) in [7, 11) is 0. The lowest BCUT2D eigenvalue weighted by Crippen LogP contribution is -2.56. The number of hydrogen-bond donors (Lipinski definition) is 3. The number of primary amides is 1. The molecule has 162 valence electrons. The number of benzene rings is 1. The van der Waals surface area contributed by atoms with E-state index in [0.717, 1.165) is 4.47 Å². The molecule has 3 amide bonds. The Labute approximate surface area is 180 Å². The van der Waals surface area contributed by atoms with E-state index >= 15 is 0 Å². The lowest BCUT2D eigenvalue weighted by molar-refractivity contribution is -0.167. The molecule has 4 N–H and O–H groups in total. The summed E-state index contributed by atoms with van der Waals surface area (Å²) in [4.78, 5) is 36.7. The third-order valence-corrected chi connectivity index (χ3v) is 4.78. The molecule has 2 atom stereocenters. The van der Waals surface area contributed by atoms with Crippen molar-refractivity contribution >= 4 is 33.8 Å². The summed E-state index contributed by atoms with van der Waals surface area (Å²) in [5.74, 6) is -1.27. The lowest BCUT2D eigenvalue weighted by atomic mass is 9.84. The fourth-order valence-electron chi connectivity index (χ4n) is 2.56. The van der Waals surface area contributed by atoms with Crippen LogP contribution in [0, 0.1) is 12.3 Å². The van der Waals surface area contributed by atoms with Crippen LogP contribution in [0.3, 0.4) is 0 Å². The van der Waals surface area contributed by atoms with E-state index in [4.69, 9.17) is 15.2 Å². The Hall–Kier alpha value is -2.13. The van der Waals surface area contributed by atoms with Gasteiger partial charge in [-0.25, -0.2) is 4.79 Å². The first-order valence-electron chi connectivity index (χ1n) is 9.12. The summed E-state index contributed by atoms with van der Waals surface area (Å²) in [5.41, 5.74) is 9.72. The number of carbonyl (C=O) groups is 3. The zero-order valence-corrected chi connectivity index (χ0v) is 19.5. The van der Waals surface area contributed by atoms with Crippen molar-refractivity contribution in [3.63, 3.8) is 0 Å². The van der Waals surface area contributed by atoms with Gasteiger partial charge >= 0.3 is 6.09 Å². The quantitative estimate of drug-likeness (QED) is 0.569. The summed E-state index contributed by atoms with van der Waals surface area (Å²) in [5, 5.41) is 0. The van der Waals surface area contributed by atoms with E-state index in [1.54, 1.807) is 25.1 Å². The van der Waals surface area contributed by atoms with Crippen molar-refractivity contribution in [1.29, 1.82) is 0 Å². The Morgan fingerprint density at radius 1 is 1.07 bits per heavy atom. The fourth-order valence-corrected chi connectivity index (χ4v) is 2.93. The average Bonchev–Trinajstić information content (AvgIpc) is 2.56. The van der Waals surface area contributed by atoms with Crippen LogP contribution in [0.4, 0.5) is 4.79 Å². The van der Waals surface area contributed by atoms with Crippen LogP contribution in [0.2, 0.25) is 0 Å². The van der Waals surface area contributed by atoms with Gasteiger partial charge in [0.1, 0.15) is 6.10 Å². The van der Waals surface area contributed by atoms with Crippen LogP contribution in [-0.4, -0.2) is 35.7 Å². The monoisotopic (exact) mass is 471 g/mol. The van der Waals surface area contributed by atoms with E-state index < -0.39 is 41.1 Å². The smallest absolute Gasteiger partial charge is 0.405 e. The molecule has 8 nitrogen and oxygen atoms in total. The van der Waals surface area contributed by atoms with E-state index in [-0.39, 0.29) is 0 Å². The Morgan fingerprint density at radius 3 is 2.14 bits per heavy atom. The molecule has 0 fully saturated rings. The Morgan fingerprint density at radius 2 is 1.66 bits per heavy atom. The minimum absolute atomic E-state index is 0.380. The van der Waals surface area contributed by atoms with Crippen LogP contribution in [0.5, 0.6) is 0 Å². The molecular formula is C20H30BrN3O5. The number of halogens is 1. The largest absolute Gasteiger partial charge is 0.433 e. The van der Waals surface area contributed by atoms with Crippen molar-refractivity contribution in [3.05, 3.63) is 33.8 Å². The van der Waals surface area contributed by atoms with Crippen molar-refractivity contribution < 1.29 is 23.9 Å². The van der Waals surface area contributed by atoms with Gasteiger partial charge < -0.3 is 15.2 Å². The first-order chi connectivity index (χ1) is 13.1. The third-order valence-electron chi connectivity index (χ3n) is 3.92. The number of hydrogen-bond acceptors (Lipinski definition) is 5. The van der Waals surface area contributed by atoms with Crippen molar-refractivity contribution in [2.45, 2.75) is 66.3 Å². The third kappa shape index (κ3) is 7.66. The maximum absolute atomic E-state index is 12.8. The summed E-state index contributed by atoms with van der Waals surface area (Å²) in [6.45, 7) is 12.8. The van der Waals surface area contributed by atoms with E-state index in [2.05, 4.69) is 26.8 Å². The van der Waals surface area contributed by atoms with Gasteiger partial charge in [0.2, 0.25) is 6.10 Å². The fraction of sp³-hybridized carbons (Fsp3) is 0.550. The van der Waals surface area contributed by atoms with Gasteiger partial charge in [-0.3, -0.25) is 20.4 Å². The number of nitrogens with one attached hydrogen (secondary N) is 2. The SMILES string of the molecule is Cc1c(Br)cccc1C(=O)NNC(=O)[C@H](OC(N)=O)C(OC(C)(C)C)C(C)(C)C. The predicted octanol–water partition coefficient (Wildman–Crippen LogP) is 3.21. The van der Waals surface area contributed by atoms with Crippen molar-refractivity contribution in [2.24, 2.45) is 11.1 Å². The molecule has 0 aromatic heterocycles.